The first-order chi connectivity index (χ1) is 5.18. The van der Waals surface area contributed by atoms with Crippen molar-refractivity contribution in [2.45, 2.75) is 19.7 Å². The lowest BCUT2D eigenvalue weighted by Gasteiger charge is -2.00. The predicted octanol–water partition coefficient (Wildman–Crippen LogP) is 1.40. The van der Waals surface area contributed by atoms with E-state index in [9.17, 15) is 0 Å². The number of hydrogen-bond donors (Lipinski definition) is 0. The van der Waals surface area contributed by atoms with Gasteiger partial charge in [-0.2, -0.15) is 0 Å². The van der Waals surface area contributed by atoms with E-state index in [0.717, 1.165) is 10.2 Å². The van der Waals surface area contributed by atoms with Crippen LogP contribution in [0.2, 0.25) is 5.82 Å². The van der Waals surface area contributed by atoms with Gasteiger partial charge in [-0.25, -0.2) is 0 Å². The van der Waals surface area contributed by atoms with Crippen LogP contribution >= 0.6 is 15.9 Å². The number of halogens is 1. The standard InChI is InChI=1S/C7H9BBrN2/c1-5(2)8-6-3-10-4-7(9)11-6/h3-5H,1-2H3. The SMILES string of the molecule is CC(C)[B]c1cncc(Br)n1. The summed E-state index contributed by atoms with van der Waals surface area (Å²) >= 11 is 3.26. The molecule has 11 heavy (non-hydrogen) atoms. The molecule has 0 saturated heterocycles. The molecule has 0 fully saturated rings. The highest BCUT2D eigenvalue weighted by molar-refractivity contribution is 9.10. The third-order valence-electron chi connectivity index (χ3n) is 1.13. The van der Waals surface area contributed by atoms with Crippen molar-refractivity contribution < 1.29 is 0 Å². The van der Waals surface area contributed by atoms with Crippen LogP contribution in [0.3, 0.4) is 0 Å². The zero-order valence-corrected chi connectivity index (χ0v) is 8.17. The molecular formula is C7H9BBrN2. The van der Waals surface area contributed by atoms with Crippen molar-refractivity contribution >= 4 is 28.8 Å². The van der Waals surface area contributed by atoms with Gasteiger partial charge in [0.05, 0.1) is 6.20 Å². The molecule has 0 atom stereocenters. The van der Waals surface area contributed by atoms with Crippen molar-refractivity contribution in [2.75, 3.05) is 0 Å². The summed E-state index contributed by atoms with van der Waals surface area (Å²) in [5.41, 5.74) is 0.925. The van der Waals surface area contributed by atoms with Crippen LogP contribution in [0.25, 0.3) is 0 Å². The Morgan fingerprint density at radius 3 is 2.73 bits per heavy atom. The predicted molar refractivity (Wildman–Crippen MR) is 50.2 cm³/mol. The van der Waals surface area contributed by atoms with E-state index in [1.807, 2.05) is 0 Å². The average Bonchev–Trinajstić information content (AvgIpc) is 1.85. The lowest BCUT2D eigenvalue weighted by atomic mass is 9.64. The summed E-state index contributed by atoms with van der Waals surface area (Å²) in [6.45, 7) is 4.23. The number of rotatable bonds is 2. The van der Waals surface area contributed by atoms with E-state index < -0.39 is 0 Å². The highest BCUT2D eigenvalue weighted by Gasteiger charge is 2.01. The minimum absolute atomic E-state index is 0.513. The van der Waals surface area contributed by atoms with Crippen LogP contribution in [0, 0.1) is 0 Å². The first-order valence-corrected chi connectivity index (χ1v) is 4.30. The third kappa shape index (κ3) is 3.01. The lowest BCUT2D eigenvalue weighted by molar-refractivity contribution is 1.06. The normalized spacial score (nSPS) is 10.2. The van der Waals surface area contributed by atoms with Crippen molar-refractivity contribution in [3.63, 3.8) is 0 Å². The van der Waals surface area contributed by atoms with Crippen molar-refractivity contribution in [3.8, 4) is 0 Å². The average molecular weight is 212 g/mol. The fourth-order valence-electron chi connectivity index (χ4n) is 0.778. The first-order valence-electron chi connectivity index (χ1n) is 3.51. The van der Waals surface area contributed by atoms with Gasteiger partial charge in [0.1, 0.15) is 4.60 Å². The van der Waals surface area contributed by atoms with Gasteiger partial charge in [-0.15, -0.1) is 0 Å². The molecule has 2 nitrogen and oxygen atoms in total. The summed E-state index contributed by atoms with van der Waals surface area (Å²) in [5.74, 6) is 0.513. The summed E-state index contributed by atoms with van der Waals surface area (Å²) in [7, 11) is 2.07. The fourth-order valence-corrected chi connectivity index (χ4v) is 1.10. The summed E-state index contributed by atoms with van der Waals surface area (Å²) in [6.07, 6.45) is 3.43. The molecule has 0 bridgehead atoms. The van der Waals surface area contributed by atoms with Crippen molar-refractivity contribution in [2.24, 2.45) is 0 Å². The second kappa shape index (κ2) is 3.86. The highest BCUT2D eigenvalue weighted by Crippen LogP contribution is 2.00. The number of hydrogen-bond acceptors (Lipinski definition) is 2. The summed E-state index contributed by atoms with van der Waals surface area (Å²) in [5, 5.41) is 0. The molecule has 0 unspecified atom stereocenters. The van der Waals surface area contributed by atoms with Crippen molar-refractivity contribution in [3.05, 3.63) is 17.0 Å². The molecule has 0 aliphatic rings. The maximum atomic E-state index is 4.21. The van der Waals surface area contributed by atoms with Crippen LogP contribution in [0.4, 0.5) is 0 Å². The van der Waals surface area contributed by atoms with Gasteiger partial charge in [0.2, 0.25) is 0 Å². The molecule has 1 heterocycles. The Kier molecular flexibility index (Phi) is 3.06. The van der Waals surface area contributed by atoms with Gasteiger partial charge in [-0.3, -0.25) is 9.97 Å². The summed E-state index contributed by atoms with van der Waals surface area (Å²) in [4.78, 5) is 8.21. The van der Waals surface area contributed by atoms with Crippen LogP contribution in [0.5, 0.6) is 0 Å². The van der Waals surface area contributed by atoms with E-state index in [-0.39, 0.29) is 0 Å². The zero-order chi connectivity index (χ0) is 8.27. The minimum Gasteiger partial charge on any atom is -0.261 e. The summed E-state index contributed by atoms with van der Waals surface area (Å²) in [6, 6.07) is 0. The third-order valence-corrected chi connectivity index (χ3v) is 1.51. The molecule has 0 amide bonds. The Balaban J connectivity index is 2.71. The first kappa shape index (κ1) is 8.72. The molecule has 0 spiro atoms. The number of aromatic nitrogens is 2. The minimum atomic E-state index is 0.513. The van der Waals surface area contributed by atoms with Gasteiger partial charge < -0.3 is 0 Å². The van der Waals surface area contributed by atoms with Crippen molar-refractivity contribution in [1.82, 2.24) is 9.97 Å². The van der Waals surface area contributed by atoms with E-state index in [0.29, 0.717) is 5.82 Å². The Hall–Kier alpha value is -0.375. The van der Waals surface area contributed by atoms with Crippen LogP contribution in [-0.2, 0) is 0 Å². The van der Waals surface area contributed by atoms with E-state index >= 15 is 0 Å². The van der Waals surface area contributed by atoms with E-state index in [1.54, 1.807) is 12.4 Å². The highest BCUT2D eigenvalue weighted by atomic mass is 79.9. The molecule has 0 aliphatic carbocycles. The molecule has 1 aromatic rings. The molecule has 1 rings (SSSR count). The number of nitrogens with zero attached hydrogens (tertiary/aromatic N) is 2. The molecule has 0 aromatic carbocycles. The topological polar surface area (TPSA) is 25.8 Å². The Bertz CT molecular complexity index is 240. The molecule has 0 N–H and O–H groups in total. The largest absolute Gasteiger partial charge is 0.261 e. The summed E-state index contributed by atoms with van der Waals surface area (Å²) < 4.78 is 0.784. The van der Waals surface area contributed by atoms with Crippen molar-refractivity contribution in [1.29, 1.82) is 0 Å². The zero-order valence-electron chi connectivity index (χ0n) is 6.58. The molecule has 0 aliphatic heterocycles. The fraction of sp³-hybridized carbons (Fsp3) is 0.429. The molecule has 0 saturated carbocycles. The van der Waals surface area contributed by atoms with Gasteiger partial charge in [0.15, 0.2) is 7.28 Å². The Morgan fingerprint density at radius 1 is 1.45 bits per heavy atom. The van der Waals surface area contributed by atoms with E-state index in [1.165, 1.54) is 0 Å². The van der Waals surface area contributed by atoms with Gasteiger partial charge in [-0.05, 0) is 15.9 Å². The van der Waals surface area contributed by atoms with Gasteiger partial charge in [-0.1, -0.05) is 19.7 Å². The Morgan fingerprint density at radius 2 is 2.18 bits per heavy atom. The van der Waals surface area contributed by atoms with Gasteiger partial charge >= 0.3 is 0 Å². The van der Waals surface area contributed by atoms with Crippen LogP contribution in [0.1, 0.15) is 13.8 Å². The molecule has 4 heteroatoms. The van der Waals surface area contributed by atoms with Gasteiger partial charge in [0, 0.05) is 11.8 Å². The molecule has 1 aromatic heterocycles. The maximum Gasteiger partial charge on any atom is 0.182 e. The Labute approximate surface area is 75.8 Å². The maximum absolute atomic E-state index is 4.21. The van der Waals surface area contributed by atoms with Crippen LogP contribution < -0.4 is 5.59 Å². The van der Waals surface area contributed by atoms with Crippen LogP contribution in [-0.4, -0.2) is 17.2 Å². The quantitative estimate of drug-likeness (QED) is 0.692. The second-order valence-electron chi connectivity index (χ2n) is 2.68. The van der Waals surface area contributed by atoms with E-state index in [4.69, 9.17) is 0 Å². The molecule has 57 valence electrons. The molecular weight excluding hydrogens is 203 g/mol. The van der Waals surface area contributed by atoms with Crippen LogP contribution in [0.15, 0.2) is 17.0 Å². The van der Waals surface area contributed by atoms with Gasteiger partial charge in [0.25, 0.3) is 0 Å². The smallest absolute Gasteiger partial charge is 0.182 e. The molecule has 1 radical (unpaired) electrons. The van der Waals surface area contributed by atoms with E-state index in [2.05, 4.69) is 47.0 Å². The monoisotopic (exact) mass is 211 g/mol. The second-order valence-corrected chi connectivity index (χ2v) is 3.49. The lowest BCUT2D eigenvalue weighted by Crippen LogP contribution is -2.21.